The largest absolute Gasteiger partial charge is 0.265 e. The minimum absolute atomic E-state index is 0.0244. The molecule has 0 atom stereocenters. The molecule has 1 heterocycles. The molecule has 2 rings (SSSR count). The van der Waals surface area contributed by atoms with Crippen molar-refractivity contribution in [3.8, 4) is 11.1 Å². The Labute approximate surface area is 84.2 Å². The van der Waals surface area contributed by atoms with Crippen molar-refractivity contribution < 1.29 is 13.2 Å². The summed E-state index contributed by atoms with van der Waals surface area (Å²) in [7, 11) is 0. The van der Waals surface area contributed by atoms with Gasteiger partial charge in [-0.15, -0.1) is 0 Å². The maximum atomic E-state index is 13.3. The molecule has 0 spiro atoms. The summed E-state index contributed by atoms with van der Waals surface area (Å²) >= 11 is 0. The zero-order valence-electron chi connectivity index (χ0n) is 7.55. The van der Waals surface area contributed by atoms with Crippen molar-refractivity contribution >= 4 is 0 Å². The Morgan fingerprint density at radius 3 is 2.07 bits per heavy atom. The number of nitrogens with zero attached hydrogens (tertiary/aromatic N) is 1. The molecule has 1 aromatic carbocycles. The quantitative estimate of drug-likeness (QED) is 0.657. The summed E-state index contributed by atoms with van der Waals surface area (Å²) in [6, 6.07) is 4.41. The first-order chi connectivity index (χ1) is 7.18. The average molecular weight is 209 g/mol. The Balaban J connectivity index is 2.59. The van der Waals surface area contributed by atoms with E-state index in [4.69, 9.17) is 0 Å². The first kappa shape index (κ1) is 9.71. The molecule has 0 aliphatic carbocycles. The van der Waals surface area contributed by atoms with Crippen LogP contribution in [0.2, 0.25) is 0 Å². The fourth-order valence-corrected chi connectivity index (χ4v) is 1.28. The molecule has 0 radical (unpaired) electrons. The molecule has 0 unspecified atom stereocenters. The minimum atomic E-state index is -1.19. The molecule has 0 N–H and O–H groups in total. The van der Waals surface area contributed by atoms with E-state index in [9.17, 15) is 13.2 Å². The van der Waals surface area contributed by atoms with Crippen LogP contribution in [0.25, 0.3) is 11.1 Å². The number of hydrogen-bond donors (Lipinski definition) is 0. The van der Waals surface area contributed by atoms with Crippen LogP contribution in [0.5, 0.6) is 0 Å². The fourth-order valence-electron chi connectivity index (χ4n) is 1.28. The monoisotopic (exact) mass is 209 g/mol. The van der Waals surface area contributed by atoms with Gasteiger partial charge in [0.25, 0.3) is 0 Å². The van der Waals surface area contributed by atoms with Crippen molar-refractivity contribution in [1.29, 1.82) is 0 Å². The molecule has 1 aromatic heterocycles. The van der Waals surface area contributed by atoms with Crippen LogP contribution in [0.15, 0.2) is 36.7 Å². The van der Waals surface area contributed by atoms with Gasteiger partial charge in [0.15, 0.2) is 11.6 Å². The third kappa shape index (κ3) is 1.83. The average Bonchev–Trinajstić information content (AvgIpc) is 2.25. The molecular weight excluding hydrogens is 203 g/mol. The van der Waals surface area contributed by atoms with Gasteiger partial charge in [0.05, 0.1) is 0 Å². The van der Waals surface area contributed by atoms with E-state index in [0.29, 0.717) is 11.6 Å². The first-order valence-corrected chi connectivity index (χ1v) is 4.23. The van der Waals surface area contributed by atoms with E-state index in [1.807, 2.05) is 0 Å². The van der Waals surface area contributed by atoms with E-state index in [1.54, 1.807) is 0 Å². The van der Waals surface area contributed by atoms with Crippen molar-refractivity contribution in [2.75, 3.05) is 0 Å². The van der Waals surface area contributed by atoms with Crippen molar-refractivity contribution in [2.24, 2.45) is 0 Å². The van der Waals surface area contributed by atoms with Gasteiger partial charge < -0.3 is 0 Å². The Morgan fingerprint density at radius 2 is 1.40 bits per heavy atom. The Bertz CT molecular complexity index is 483. The van der Waals surface area contributed by atoms with Gasteiger partial charge in [0.2, 0.25) is 0 Å². The van der Waals surface area contributed by atoms with Crippen LogP contribution in [0.4, 0.5) is 13.2 Å². The number of rotatable bonds is 1. The number of aromatic nitrogens is 1. The summed E-state index contributed by atoms with van der Waals surface area (Å²) < 4.78 is 38.8. The zero-order valence-corrected chi connectivity index (χ0v) is 7.55. The predicted molar refractivity (Wildman–Crippen MR) is 49.5 cm³/mol. The number of pyridine rings is 1. The van der Waals surface area contributed by atoms with Crippen molar-refractivity contribution in [3.63, 3.8) is 0 Å². The summed E-state index contributed by atoms with van der Waals surface area (Å²) in [6.45, 7) is 0. The first-order valence-electron chi connectivity index (χ1n) is 4.23. The third-order valence-electron chi connectivity index (χ3n) is 2.00. The Morgan fingerprint density at radius 1 is 0.800 bits per heavy atom. The Hall–Kier alpha value is -1.84. The van der Waals surface area contributed by atoms with Crippen molar-refractivity contribution in [1.82, 2.24) is 4.98 Å². The van der Waals surface area contributed by atoms with E-state index < -0.39 is 17.5 Å². The molecule has 1 nitrogen and oxygen atoms in total. The maximum Gasteiger partial charge on any atom is 0.161 e. The number of halogens is 3. The van der Waals surface area contributed by atoms with Gasteiger partial charge >= 0.3 is 0 Å². The smallest absolute Gasteiger partial charge is 0.161 e. The lowest BCUT2D eigenvalue weighted by Gasteiger charge is -2.03. The van der Waals surface area contributed by atoms with E-state index in [-0.39, 0.29) is 5.56 Å². The molecule has 0 bridgehead atoms. The van der Waals surface area contributed by atoms with Crippen LogP contribution in [0, 0.1) is 17.5 Å². The molecule has 0 aliphatic rings. The maximum absolute atomic E-state index is 13.3. The Kier molecular flexibility index (Phi) is 2.41. The van der Waals surface area contributed by atoms with Gasteiger partial charge in [-0.2, -0.15) is 0 Å². The molecule has 0 amide bonds. The summed E-state index contributed by atoms with van der Waals surface area (Å²) in [5.74, 6) is -3.05. The van der Waals surface area contributed by atoms with E-state index >= 15 is 0 Å². The minimum Gasteiger partial charge on any atom is -0.265 e. The van der Waals surface area contributed by atoms with Crippen molar-refractivity contribution in [3.05, 3.63) is 54.1 Å². The molecular formula is C11H6F3N. The lowest BCUT2D eigenvalue weighted by Crippen LogP contribution is -1.91. The second kappa shape index (κ2) is 3.73. The van der Waals surface area contributed by atoms with Crippen LogP contribution in [0.3, 0.4) is 0 Å². The van der Waals surface area contributed by atoms with Crippen molar-refractivity contribution in [2.45, 2.75) is 0 Å². The molecule has 76 valence electrons. The highest BCUT2D eigenvalue weighted by Gasteiger charge is 2.10. The summed E-state index contributed by atoms with van der Waals surface area (Å²) in [5.41, 5.74) is 0.484. The molecule has 4 heteroatoms. The summed E-state index contributed by atoms with van der Waals surface area (Å²) in [6.07, 6.45) is 2.91. The fraction of sp³-hybridized carbons (Fsp3) is 0. The van der Waals surface area contributed by atoms with E-state index in [0.717, 1.165) is 6.07 Å². The number of benzene rings is 1. The lowest BCUT2D eigenvalue weighted by molar-refractivity contribution is 0.496. The van der Waals surface area contributed by atoms with Crippen LogP contribution in [0.1, 0.15) is 0 Å². The topological polar surface area (TPSA) is 12.9 Å². The molecule has 0 aliphatic heterocycles. The molecule has 2 aromatic rings. The normalized spacial score (nSPS) is 10.3. The highest BCUT2D eigenvalue weighted by Crippen LogP contribution is 2.24. The van der Waals surface area contributed by atoms with Gasteiger partial charge in [-0.3, -0.25) is 4.98 Å². The van der Waals surface area contributed by atoms with E-state index in [1.165, 1.54) is 24.5 Å². The highest BCUT2D eigenvalue weighted by molar-refractivity contribution is 5.63. The molecule has 15 heavy (non-hydrogen) atoms. The van der Waals surface area contributed by atoms with Crippen LogP contribution in [-0.2, 0) is 0 Å². The molecule has 0 saturated heterocycles. The molecule has 0 fully saturated rings. The summed E-state index contributed by atoms with van der Waals surface area (Å²) in [5, 5.41) is 0. The van der Waals surface area contributed by atoms with Crippen LogP contribution in [-0.4, -0.2) is 4.98 Å². The van der Waals surface area contributed by atoms with Gasteiger partial charge in [0.1, 0.15) is 5.82 Å². The standard InChI is InChI=1S/C11H6F3N/c12-9-6-11(14)10(13)5-8(9)7-1-3-15-4-2-7/h1-6H. The van der Waals surface area contributed by atoms with Crippen LogP contribution < -0.4 is 0 Å². The molecule has 0 saturated carbocycles. The predicted octanol–water partition coefficient (Wildman–Crippen LogP) is 3.17. The van der Waals surface area contributed by atoms with Gasteiger partial charge in [-0.25, -0.2) is 13.2 Å². The van der Waals surface area contributed by atoms with Gasteiger partial charge in [-0.05, 0) is 23.8 Å². The second-order valence-electron chi connectivity index (χ2n) is 2.98. The van der Waals surface area contributed by atoms with Gasteiger partial charge in [-0.1, -0.05) is 0 Å². The van der Waals surface area contributed by atoms with Gasteiger partial charge in [0, 0.05) is 24.0 Å². The van der Waals surface area contributed by atoms with Crippen LogP contribution >= 0.6 is 0 Å². The number of hydrogen-bond acceptors (Lipinski definition) is 1. The SMILES string of the molecule is Fc1cc(F)c(-c2ccncc2)cc1F. The lowest BCUT2D eigenvalue weighted by atomic mass is 10.1. The summed E-state index contributed by atoms with van der Waals surface area (Å²) in [4.78, 5) is 3.75. The van der Waals surface area contributed by atoms with E-state index in [2.05, 4.69) is 4.98 Å². The second-order valence-corrected chi connectivity index (χ2v) is 2.98. The zero-order chi connectivity index (χ0) is 10.8. The third-order valence-corrected chi connectivity index (χ3v) is 2.00. The highest BCUT2D eigenvalue weighted by atomic mass is 19.2.